The number of carbonyl (C=O) groups is 2. The summed E-state index contributed by atoms with van der Waals surface area (Å²) in [7, 11) is 1.96. The fourth-order valence-corrected chi connectivity index (χ4v) is 8.15. The van der Waals surface area contributed by atoms with Gasteiger partial charge < -0.3 is 15.5 Å². The maximum Gasteiger partial charge on any atom is 0.246 e. The number of rotatable bonds is 1. The van der Waals surface area contributed by atoms with Crippen molar-refractivity contribution in [1.82, 2.24) is 15.5 Å². The van der Waals surface area contributed by atoms with Gasteiger partial charge in [0, 0.05) is 30.0 Å². The molecule has 3 saturated carbocycles. The minimum absolute atomic E-state index is 0.0230. The molecule has 0 unspecified atom stereocenters. The third kappa shape index (κ3) is 3.73. The van der Waals surface area contributed by atoms with E-state index >= 15 is 0 Å². The van der Waals surface area contributed by atoms with Crippen LogP contribution in [0.1, 0.15) is 73.1 Å². The van der Waals surface area contributed by atoms with Gasteiger partial charge in [-0.25, -0.2) is 0 Å². The van der Waals surface area contributed by atoms with Crippen molar-refractivity contribution >= 4 is 29.1 Å². The molecular formula is C25H39N3O2S. The number of likely N-dealkylation sites (N-methyl/N-ethyl adjacent to an activating group) is 1. The van der Waals surface area contributed by atoms with Gasteiger partial charge in [0.2, 0.25) is 11.8 Å². The normalized spacial score (nSPS) is 41.8. The summed E-state index contributed by atoms with van der Waals surface area (Å²) in [6.45, 7) is 10.8. The average Bonchev–Trinajstić information content (AvgIpc) is 3.01. The van der Waals surface area contributed by atoms with Crippen molar-refractivity contribution in [3.63, 3.8) is 0 Å². The van der Waals surface area contributed by atoms with E-state index in [0.29, 0.717) is 28.9 Å². The number of nitrogens with one attached hydrogen (secondary N) is 2. The first-order valence-corrected chi connectivity index (χ1v) is 12.4. The lowest BCUT2D eigenvalue weighted by Gasteiger charge is -2.60. The van der Waals surface area contributed by atoms with Gasteiger partial charge in [0.05, 0.1) is 0 Å². The summed E-state index contributed by atoms with van der Waals surface area (Å²) in [6.07, 6.45) is 10.5. The molecule has 4 rings (SSSR count). The molecular weight excluding hydrogens is 406 g/mol. The summed E-state index contributed by atoms with van der Waals surface area (Å²) in [5.74, 6) is 2.03. The van der Waals surface area contributed by atoms with Crippen LogP contribution in [0, 0.1) is 34.5 Å². The first kappa shape index (κ1) is 22.8. The number of carbonyl (C=O) groups excluding carboxylic acids is 2. The SMILES string of the molecule is CN1C(=O)C=C[C@]2(C)[C@H]3CC[C@]4(C)[C@@H](C(=O)NC(=S)NC(C)(C)C)CC[C@H]4[C@@H]3CC[C@@H]12. The van der Waals surface area contributed by atoms with Crippen molar-refractivity contribution in [1.29, 1.82) is 0 Å². The summed E-state index contributed by atoms with van der Waals surface area (Å²) in [5, 5.41) is 6.64. The molecule has 0 aromatic carbocycles. The zero-order chi connectivity index (χ0) is 22.8. The lowest BCUT2D eigenvalue weighted by atomic mass is 9.47. The van der Waals surface area contributed by atoms with Crippen LogP contribution >= 0.6 is 12.2 Å². The minimum Gasteiger partial charge on any atom is -0.358 e. The zero-order valence-corrected chi connectivity index (χ0v) is 20.8. The molecule has 0 aromatic rings. The number of hydrogen-bond donors (Lipinski definition) is 2. The van der Waals surface area contributed by atoms with Crippen molar-refractivity contribution in [2.45, 2.75) is 84.7 Å². The van der Waals surface area contributed by atoms with Gasteiger partial charge in [-0.05, 0) is 101 Å². The van der Waals surface area contributed by atoms with Crippen LogP contribution in [0.5, 0.6) is 0 Å². The number of hydrogen-bond acceptors (Lipinski definition) is 3. The van der Waals surface area contributed by atoms with Crippen LogP contribution in [0.4, 0.5) is 0 Å². The van der Waals surface area contributed by atoms with Crippen molar-refractivity contribution in [2.75, 3.05) is 7.05 Å². The molecule has 3 aliphatic carbocycles. The molecule has 0 radical (unpaired) electrons. The Hall–Kier alpha value is -1.43. The van der Waals surface area contributed by atoms with Crippen molar-refractivity contribution in [3.05, 3.63) is 12.2 Å². The van der Waals surface area contributed by atoms with Crippen LogP contribution in [-0.2, 0) is 9.59 Å². The average molecular weight is 446 g/mol. The number of fused-ring (bicyclic) bond motifs is 5. The predicted octanol–water partition coefficient (Wildman–Crippen LogP) is 4.03. The number of amides is 2. The molecule has 2 amide bonds. The Balaban J connectivity index is 1.52. The fourth-order valence-electron chi connectivity index (χ4n) is 7.74. The quantitative estimate of drug-likeness (QED) is 0.598. The Morgan fingerprint density at radius 1 is 1.13 bits per heavy atom. The second-order valence-electron chi connectivity index (χ2n) is 12.0. The Bertz CT molecular complexity index is 818. The van der Waals surface area contributed by atoms with Gasteiger partial charge in [-0.3, -0.25) is 9.59 Å². The molecule has 0 aromatic heterocycles. The summed E-state index contributed by atoms with van der Waals surface area (Å²) in [6, 6.07) is 0.303. The molecule has 0 spiro atoms. The molecule has 31 heavy (non-hydrogen) atoms. The topological polar surface area (TPSA) is 61.4 Å². The maximum atomic E-state index is 13.2. The molecule has 6 heteroatoms. The molecule has 1 aliphatic heterocycles. The van der Waals surface area contributed by atoms with E-state index in [1.807, 2.05) is 32.7 Å². The summed E-state index contributed by atoms with van der Waals surface area (Å²) >= 11 is 5.41. The third-order valence-electron chi connectivity index (χ3n) is 9.17. The Morgan fingerprint density at radius 3 is 2.52 bits per heavy atom. The lowest BCUT2D eigenvalue weighted by Crippen LogP contribution is -2.60. The summed E-state index contributed by atoms with van der Waals surface area (Å²) < 4.78 is 0. The van der Waals surface area contributed by atoms with Gasteiger partial charge in [0.15, 0.2) is 5.11 Å². The molecule has 3 fully saturated rings. The second kappa shape index (κ2) is 7.57. The van der Waals surface area contributed by atoms with Gasteiger partial charge in [0.25, 0.3) is 0 Å². The number of thiocarbonyl (C=S) groups is 1. The molecule has 7 atom stereocenters. The number of nitrogens with zero attached hydrogens (tertiary/aromatic N) is 1. The van der Waals surface area contributed by atoms with E-state index in [9.17, 15) is 9.59 Å². The molecule has 0 bridgehead atoms. The van der Waals surface area contributed by atoms with E-state index < -0.39 is 0 Å². The fraction of sp³-hybridized carbons (Fsp3) is 0.800. The standard InChI is InChI=1S/C25H39N3O2S/c1-23(2,3)27-22(31)26-21(30)18-9-8-16-15-7-10-19-25(5,14-12-20(29)28(19)6)17(15)11-13-24(16,18)4/h12,14-19H,7-11,13H2,1-6H3,(H2,26,27,30,31)/t15-,16-,17-,18+,19+,24-,25+/m0/s1. The highest BCUT2D eigenvalue weighted by molar-refractivity contribution is 7.80. The van der Waals surface area contributed by atoms with Gasteiger partial charge in [-0.2, -0.15) is 0 Å². The molecule has 4 aliphatic rings. The van der Waals surface area contributed by atoms with Gasteiger partial charge in [-0.15, -0.1) is 0 Å². The van der Waals surface area contributed by atoms with Gasteiger partial charge in [-0.1, -0.05) is 19.9 Å². The van der Waals surface area contributed by atoms with Crippen LogP contribution < -0.4 is 10.6 Å². The molecule has 1 heterocycles. The van der Waals surface area contributed by atoms with Crippen molar-refractivity contribution in [3.8, 4) is 0 Å². The zero-order valence-electron chi connectivity index (χ0n) is 20.0. The van der Waals surface area contributed by atoms with E-state index in [4.69, 9.17) is 12.2 Å². The highest BCUT2D eigenvalue weighted by atomic mass is 32.1. The van der Waals surface area contributed by atoms with Crippen molar-refractivity contribution < 1.29 is 9.59 Å². The minimum atomic E-state index is -0.166. The Labute approximate surface area is 192 Å². The molecule has 2 N–H and O–H groups in total. The highest BCUT2D eigenvalue weighted by Crippen LogP contribution is 2.65. The third-order valence-corrected chi connectivity index (χ3v) is 9.37. The maximum absolute atomic E-state index is 13.2. The van der Waals surface area contributed by atoms with Crippen LogP contribution in [0.25, 0.3) is 0 Å². The van der Waals surface area contributed by atoms with Crippen LogP contribution in [-0.4, -0.2) is 40.5 Å². The monoisotopic (exact) mass is 445 g/mol. The van der Waals surface area contributed by atoms with Crippen LogP contribution in [0.15, 0.2) is 12.2 Å². The first-order valence-electron chi connectivity index (χ1n) is 12.0. The van der Waals surface area contributed by atoms with E-state index in [1.165, 1.54) is 0 Å². The van der Waals surface area contributed by atoms with Gasteiger partial charge >= 0.3 is 0 Å². The summed E-state index contributed by atoms with van der Waals surface area (Å²) in [4.78, 5) is 27.5. The van der Waals surface area contributed by atoms with Crippen molar-refractivity contribution in [2.24, 2.45) is 34.5 Å². The molecule has 172 valence electrons. The van der Waals surface area contributed by atoms with E-state index in [1.54, 1.807) is 6.08 Å². The van der Waals surface area contributed by atoms with E-state index in [-0.39, 0.29) is 34.1 Å². The lowest BCUT2D eigenvalue weighted by molar-refractivity contribution is -0.142. The van der Waals surface area contributed by atoms with Crippen LogP contribution in [0.3, 0.4) is 0 Å². The molecule has 5 nitrogen and oxygen atoms in total. The van der Waals surface area contributed by atoms with Crippen LogP contribution in [0.2, 0.25) is 0 Å². The predicted molar refractivity (Wildman–Crippen MR) is 127 cm³/mol. The second-order valence-corrected chi connectivity index (χ2v) is 12.4. The smallest absolute Gasteiger partial charge is 0.246 e. The summed E-state index contributed by atoms with van der Waals surface area (Å²) in [5.41, 5.74) is -0.0853. The largest absolute Gasteiger partial charge is 0.358 e. The van der Waals surface area contributed by atoms with Gasteiger partial charge in [0.1, 0.15) is 0 Å². The highest BCUT2D eigenvalue weighted by Gasteiger charge is 2.61. The van der Waals surface area contributed by atoms with E-state index in [2.05, 4.69) is 30.6 Å². The van der Waals surface area contributed by atoms with E-state index in [0.717, 1.165) is 38.5 Å². The first-order chi connectivity index (χ1) is 14.4. The molecule has 0 saturated heterocycles. The Morgan fingerprint density at radius 2 is 1.84 bits per heavy atom. The Kier molecular flexibility index (Phi) is 5.55.